The summed E-state index contributed by atoms with van der Waals surface area (Å²) in [6.45, 7) is -1.47. The molecule has 0 aliphatic heterocycles. The Bertz CT molecular complexity index is 1380. The van der Waals surface area contributed by atoms with Gasteiger partial charge in [-0.1, -0.05) is 29.3 Å². The van der Waals surface area contributed by atoms with Crippen molar-refractivity contribution in [2.45, 2.75) is 32.2 Å². The Morgan fingerprint density at radius 3 is 2.49 bits per heavy atom. The van der Waals surface area contributed by atoms with E-state index in [1.807, 2.05) is 0 Å². The number of amides is 2. The van der Waals surface area contributed by atoms with Crippen molar-refractivity contribution in [3.8, 4) is 5.75 Å². The van der Waals surface area contributed by atoms with Gasteiger partial charge in [-0.25, -0.2) is 13.8 Å². The van der Waals surface area contributed by atoms with E-state index < -0.39 is 49.2 Å². The smallest absolute Gasteiger partial charge is 0.405 e. The summed E-state index contributed by atoms with van der Waals surface area (Å²) < 4.78 is 69.8. The number of benzene rings is 2. The largest absolute Gasteiger partial charge is 0.487 e. The summed E-state index contributed by atoms with van der Waals surface area (Å²) in [5.74, 6) is -2.07. The molecule has 3 aromatic rings. The molecule has 16 heteroatoms. The van der Waals surface area contributed by atoms with Gasteiger partial charge in [0.2, 0.25) is 11.9 Å². The molecular weight excluding hydrogens is 576 g/mol. The molecule has 0 aliphatic carbocycles. The van der Waals surface area contributed by atoms with Gasteiger partial charge in [-0.2, -0.15) is 13.2 Å². The third kappa shape index (κ3) is 7.61. The number of hydrogen-bond acceptors (Lipinski definition) is 6. The quantitative estimate of drug-likeness (QED) is 0.255. The average molecular weight is 598 g/mol. The van der Waals surface area contributed by atoms with Crippen LogP contribution in [0, 0.1) is 0 Å². The highest BCUT2D eigenvalue weighted by atomic mass is 35.5. The van der Waals surface area contributed by atoms with Crippen molar-refractivity contribution in [3.05, 3.63) is 45.4 Å². The molecule has 2 aromatic carbocycles. The number of alkyl halides is 5. The third-order valence-electron chi connectivity index (χ3n) is 5.28. The lowest BCUT2D eigenvalue weighted by molar-refractivity contribution is -0.128. The predicted molar refractivity (Wildman–Crippen MR) is 134 cm³/mol. The van der Waals surface area contributed by atoms with Crippen molar-refractivity contribution in [2.24, 2.45) is 7.05 Å². The van der Waals surface area contributed by atoms with E-state index in [2.05, 4.69) is 15.6 Å². The van der Waals surface area contributed by atoms with Crippen LogP contribution in [0.2, 0.25) is 10.0 Å². The first-order valence-electron chi connectivity index (χ1n) is 11.1. The van der Waals surface area contributed by atoms with E-state index in [9.17, 15) is 36.6 Å². The molecule has 9 nitrogen and oxygen atoms in total. The lowest BCUT2D eigenvalue weighted by atomic mass is 10.1. The summed E-state index contributed by atoms with van der Waals surface area (Å²) in [6, 6.07) is 5.37. The molecule has 0 radical (unpaired) electrons. The highest BCUT2D eigenvalue weighted by molar-refractivity contribution is 6.39. The van der Waals surface area contributed by atoms with Gasteiger partial charge in [-0.15, -0.1) is 0 Å². The van der Waals surface area contributed by atoms with Crippen molar-refractivity contribution in [1.82, 2.24) is 20.2 Å². The number of anilines is 2. The van der Waals surface area contributed by atoms with Crippen LogP contribution in [0.15, 0.2) is 24.3 Å². The number of carbonyl (C=O) groups excluding carboxylic acids is 2. The van der Waals surface area contributed by atoms with Gasteiger partial charge in [0.1, 0.15) is 25.0 Å². The van der Waals surface area contributed by atoms with Gasteiger partial charge in [-0.3, -0.25) is 9.59 Å². The molecule has 39 heavy (non-hydrogen) atoms. The van der Waals surface area contributed by atoms with E-state index in [1.165, 1.54) is 30.7 Å². The number of nitrogens with zero attached hydrogens (tertiary/aromatic N) is 2. The van der Waals surface area contributed by atoms with Crippen LogP contribution in [0.4, 0.5) is 33.6 Å². The third-order valence-corrected chi connectivity index (χ3v) is 6.03. The van der Waals surface area contributed by atoms with Gasteiger partial charge in [0, 0.05) is 19.7 Å². The minimum atomic E-state index is -4.70. The maximum Gasteiger partial charge on any atom is 0.405 e. The zero-order valence-corrected chi connectivity index (χ0v) is 21.8. The van der Waals surface area contributed by atoms with Crippen LogP contribution in [0.1, 0.15) is 22.8 Å². The minimum Gasteiger partial charge on any atom is -0.487 e. The number of nitrogens with one attached hydrogen (secondary N) is 3. The number of rotatable bonds is 10. The van der Waals surface area contributed by atoms with E-state index in [-0.39, 0.29) is 45.0 Å². The van der Waals surface area contributed by atoms with E-state index >= 15 is 0 Å². The molecule has 0 fully saturated rings. The zero-order chi connectivity index (χ0) is 29.1. The van der Waals surface area contributed by atoms with E-state index in [0.29, 0.717) is 5.56 Å². The summed E-state index contributed by atoms with van der Waals surface area (Å²) in [7, 11) is 1.53. The van der Waals surface area contributed by atoms with E-state index in [4.69, 9.17) is 27.9 Å². The van der Waals surface area contributed by atoms with Gasteiger partial charge in [0.25, 0.3) is 12.3 Å². The van der Waals surface area contributed by atoms with Gasteiger partial charge >= 0.3 is 6.18 Å². The Balaban J connectivity index is 1.98. The van der Waals surface area contributed by atoms with Gasteiger partial charge < -0.3 is 30.4 Å². The van der Waals surface area contributed by atoms with Crippen molar-refractivity contribution >= 4 is 57.7 Å². The molecule has 0 spiro atoms. The number of aromatic nitrogens is 2. The second-order valence-corrected chi connectivity index (χ2v) is 9.03. The molecule has 2 amide bonds. The van der Waals surface area contributed by atoms with Gasteiger partial charge in [-0.05, 0) is 24.6 Å². The Kier molecular flexibility index (Phi) is 9.46. The number of carbonyl (C=O) groups is 2. The first-order chi connectivity index (χ1) is 18.2. The van der Waals surface area contributed by atoms with Crippen LogP contribution in [0.3, 0.4) is 0 Å². The van der Waals surface area contributed by atoms with Gasteiger partial charge in [0.15, 0.2) is 0 Å². The molecule has 0 saturated carbocycles. The average Bonchev–Trinajstić information content (AvgIpc) is 3.16. The molecule has 1 atom stereocenters. The number of hydrogen-bond donors (Lipinski definition) is 4. The van der Waals surface area contributed by atoms with Crippen molar-refractivity contribution < 1.29 is 41.4 Å². The van der Waals surface area contributed by atoms with Crippen LogP contribution in [0.5, 0.6) is 5.75 Å². The zero-order valence-electron chi connectivity index (χ0n) is 20.3. The minimum absolute atomic E-state index is 0.0296. The molecule has 0 aliphatic rings. The fraction of sp³-hybridized carbons (Fsp3) is 0.348. The van der Waals surface area contributed by atoms with Crippen molar-refractivity contribution in [3.63, 3.8) is 0 Å². The van der Waals surface area contributed by atoms with E-state index in [1.54, 1.807) is 11.4 Å². The standard InChI is InChI=1S/C23H22Cl2F5N5O4/c1-10(36)20(37)31-7-11-3-4-13(24)19(18(11)25)34-22-33-14-5-12(21(38)32-9-23(28,29)30)16(39-8-17(26)27)6-15(14)35(22)2/h3-6,10,17,36H,7-9H2,1-2H3,(H,31,37)(H,32,38)(H,33,34). The Labute approximate surface area is 228 Å². The summed E-state index contributed by atoms with van der Waals surface area (Å²) in [5.41, 5.74) is 0.611. The lowest BCUT2D eigenvalue weighted by Crippen LogP contribution is -2.34. The van der Waals surface area contributed by atoms with Crippen LogP contribution < -0.4 is 20.7 Å². The SMILES string of the molecule is CC(O)C(=O)NCc1ccc(Cl)c(Nc2nc3cc(C(=O)NCC(F)(F)F)c(OCC(F)F)cc3n2C)c1Cl. The second-order valence-electron chi connectivity index (χ2n) is 8.25. The first kappa shape index (κ1) is 30.2. The topological polar surface area (TPSA) is 118 Å². The predicted octanol–water partition coefficient (Wildman–Crippen LogP) is 4.56. The molecule has 0 bridgehead atoms. The Hall–Kier alpha value is -3.36. The fourth-order valence-corrected chi connectivity index (χ4v) is 3.88. The van der Waals surface area contributed by atoms with Crippen molar-refractivity contribution in [1.29, 1.82) is 0 Å². The number of imidazole rings is 1. The molecule has 1 aromatic heterocycles. The van der Waals surface area contributed by atoms with Crippen LogP contribution in [0.25, 0.3) is 11.0 Å². The molecule has 1 unspecified atom stereocenters. The molecule has 212 valence electrons. The first-order valence-corrected chi connectivity index (χ1v) is 11.9. The summed E-state index contributed by atoms with van der Waals surface area (Å²) >= 11 is 12.8. The Morgan fingerprint density at radius 2 is 1.87 bits per heavy atom. The number of aliphatic hydroxyl groups excluding tert-OH is 1. The van der Waals surface area contributed by atoms with Crippen LogP contribution in [-0.2, 0) is 18.4 Å². The number of aryl methyl sites for hydroxylation is 1. The van der Waals surface area contributed by atoms with Crippen LogP contribution in [-0.4, -0.2) is 58.3 Å². The number of ether oxygens (including phenoxy) is 1. The van der Waals surface area contributed by atoms with Crippen LogP contribution >= 0.6 is 23.2 Å². The number of halogens is 7. The molecule has 4 N–H and O–H groups in total. The number of aliphatic hydroxyl groups is 1. The number of fused-ring (bicyclic) bond motifs is 1. The molecular formula is C23H22Cl2F5N5O4. The highest BCUT2D eigenvalue weighted by Crippen LogP contribution is 2.36. The molecule has 0 saturated heterocycles. The summed E-state index contributed by atoms with van der Waals surface area (Å²) in [5, 5.41) is 16.8. The maximum atomic E-state index is 12.8. The Morgan fingerprint density at radius 1 is 1.18 bits per heavy atom. The van der Waals surface area contributed by atoms with Crippen molar-refractivity contribution in [2.75, 3.05) is 18.5 Å². The maximum absolute atomic E-state index is 12.8. The lowest BCUT2D eigenvalue weighted by Gasteiger charge is -2.15. The fourth-order valence-electron chi connectivity index (χ4n) is 3.34. The molecule has 1 heterocycles. The van der Waals surface area contributed by atoms with Gasteiger partial charge in [0.05, 0.1) is 32.3 Å². The summed E-state index contributed by atoms with van der Waals surface area (Å²) in [4.78, 5) is 28.5. The second kappa shape index (κ2) is 12.2. The highest BCUT2D eigenvalue weighted by Gasteiger charge is 2.29. The monoisotopic (exact) mass is 597 g/mol. The van der Waals surface area contributed by atoms with E-state index in [0.717, 1.165) is 6.07 Å². The summed E-state index contributed by atoms with van der Waals surface area (Å²) in [6.07, 6.45) is -8.83. The molecule has 3 rings (SSSR count). The normalized spacial score (nSPS) is 12.5.